The lowest BCUT2D eigenvalue weighted by atomic mass is 9.78. The van der Waals surface area contributed by atoms with Gasteiger partial charge in [0.05, 0.1) is 0 Å². The van der Waals surface area contributed by atoms with Crippen LogP contribution in [0.3, 0.4) is 0 Å². The van der Waals surface area contributed by atoms with E-state index in [1.807, 2.05) is 7.05 Å². The molecule has 0 bridgehead atoms. The average Bonchev–Trinajstić information content (AvgIpc) is 2.07. The van der Waals surface area contributed by atoms with E-state index in [1.54, 1.807) is 0 Å². The molecule has 1 fully saturated rings. The van der Waals surface area contributed by atoms with E-state index in [-0.39, 0.29) is 5.41 Å². The molecule has 3 heteroatoms. The Balaban J connectivity index is 2.49. The molecular formula is C9H18N2O. The summed E-state index contributed by atoms with van der Waals surface area (Å²) < 4.78 is 0. The van der Waals surface area contributed by atoms with E-state index in [0.29, 0.717) is 6.42 Å². The molecule has 0 aromatic carbocycles. The van der Waals surface area contributed by atoms with Crippen molar-refractivity contribution in [2.24, 2.45) is 5.41 Å². The summed E-state index contributed by atoms with van der Waals surface area (Å²) >= 11 is 0. The van der Waals surface area contributed by atoms with Crippen LogP contribution < -0.4 is 10.6 Å². The number of rotatable bonds is 4. The molecule has 3 nitrogen and oxygen atoms in total. The Morgan fingerprint density at radius 2 is 2.50 bits per heavy atom. The van der Waals surface area contributed by atoms with E-state index in [9.17, 15) is 4.79 Å². The fourth-order valence-electron chi connectivity index (χ4n) is 1.98. The van der Waals surface area contributed by atoms with Crippen molar-refractivity contribution in [2.45, 2.75) is 19.3 Å². The van der Waals surface area contributed by atoms with Crippen LogP contribution in [-0.2, 0) is 4.79 Å². The quantitative estimate of drug-likeness (QED) is 0.591. The maximum atomic E-state index is 10.5. The standard InChI is InChI=1S/C9H18N2O/c1-10-7-9(4-6-12)3-2-5-11-8-9/h6,10-11H,2-5,7-8H2,1H3. The topological polar surface area (TPSA) is 41.1 Å². The van der Waals surface area contributed by atoms with Gasteiger partial charge in [0, 0.05) is 24.9 Å². The second kappa shape index (κ2) is 4.58. The molecule has 0 aliphatic carbocycles. The third-order valence-electron chi connectivity index (χ3n) is 2.63. The van der Waals surface area contributed by atoms with Crippen molar-refractivity contribution in [1.29, 1.82) is 0 Å². The zero-order chi connectivity index (χ0) is 8.86. The molecule has 1 heterocycles. The fraction of sp³-hybridized carbons (Fsp3) is 0.889. The van der Waals surface area contributed by atoms with Crippen molar-refractivity contribution in [3.05, 3.63) is 0 Å². The van der Waals surface area contributed by atoms with Crippen LogP contribution in [0.5, 0.6) is 0 Å². The minimum absolute atomic E-state index is 0.189. The molecule has 2 N–H and O–H groups in total. The number of carbonyl (C=O) groups is 1. The molecular weight excluding hydrogens is 152 g/mol. The van der Waals surface area contributed by atoms with Crippen molar-refractivity contribution in [3.8, 4) is 0 Å². The molecule has 0 aromatic heterocycles. The van der Waals surface area contributed by atoms with Gasteiger partial charge in [-0.05, 0) is 26.4 Å². The lowest BCUT2D eigenvalue weighted by molar-refractivity contribution is -0.110. The van der Waals surface area contributed by atoms with Crippen LogP contribution in [0, 0.1) is 5.41 Å². The highest BCUT2D eigenvalue weighted by atomic mass is 16.1. The van der Waals surface area contributed by atoms with Crippen LogP contribution >= 0.6 is 0 Å². The Hall–Kier alpha value is -0.410. The summed E-state index contributed by atoms with van der Waals surface area (Å²) in [4.78, 5) is 10.5. The van der Waals surface area contributed by atoms with Crippen molar-refractivity contribution < 1.29 is 4.79 Å². The van der Waals surface area contributed by atoms with Crippen LogP contribution in [-0.4, -0.2) is 33.0 Å². The summed E-state index contributed by atoms with van der Waals surface area (Å²) in [6.45, 7) is 3.02. The van der Waals surface area contributed by atoms with Crippen molar-refractivity contribution >= 4 is 6.29 Å². The summed E-state index contributed by atoms with van der Waals surface area (Å²) in [5, 5.41) is 6.51. The molecule has 1 rings (SSSR count). The first-order chi connectivity index (χ1) is 5.83. The Morgan fingerprint density at radius 1 is 1.67 bits per heavy atom. The number of piperidine rings is 1. The summed E-state index contributed by atoms with van der Waals surface area (Å²) in [6, 6.07) is 0. The summed E-state index contributed by atoms with van der Waals surface area (Å²) in [5.41, 5.74) is 0.189. The predicted octanol–water partition coefficient (Wildman–Crippen LogP) is 0.165. The minimum Gasteiger partial charge on any atom is -0.319 e. The van der Waals surface area contributed by atoms with Gasteiger partial charge in [-0.1, -0.05) is 0 Å². The maximum absolute atomic E-state index is 10.5. The van der Waals surface area contributed by atoms with Gasteiger partial charge in [0.1, 0.15) is 6.29 Å². The molecule has 0 radical (unpaired) electrons. The number of aldehydes is 1. The Kier molecular flexibility index (Phi) is 3.69. The number of hydrogen-bond acceptors (Lipinski definition) is 3. The minimum atomic E-state index is 0.189. The van der Waals surface area contributed by atoms with Crippen molar-refractivity contribution in [3.63, 3.8) is 0 Å². The second-order valence-electron chi connectivity index (χ2n) is 3.68. The summed E-state index contributed by atoms with van der Waals surface area (Å²) in [5.74, 6) is 0. The molecule has 1 unspecified atom stereocenters. The normalized spacial score (nSPS) is 30.1. The predicted molar refractivity (Wildman–Crippen MR) is 49.1 cm³/mol. The zero-order valence-electron chi connectivity index (χ0n) is 7.73. The van der Waals surface area contributed by atoms with Crippen LogP contribution in [0.1, 0.15) is 19.3 Å². The van der Waals surface area contributed by atoms with Gasteiger partial charge in [-0.15, -0.1) is 0 Å². The maximum Gasteiger partial charge on any atom is 0.120 e. The first kappa shape index (κ1) is 9.68. The van der Waals surface area contributed by atoms with E-state index < -0.39 is 0 Å². The van der Waals surface area contributed by atoms with Crippen LogP contribution in [0.15, 0.2) is 0 Å². The first-order valence-corrected chi connectivity index (χ1v) is 4.62. The van der Waals surface area contributed by atoms with E-state index in [1.165, 1.54) is 12.8 Å². The number of nitrogens with one attached hydrogen (secondary N) is 2. The van der Waals surface area contributed by atoms with Crippen LogP contribution in [0.25, 0.3) is 0 Å². The Morgan fingerprint density at radius 3 is 3.00 bits per heavy atom. The first-order valence-electron chi connectivity index (χ1n) is 4.62. The molecule has 0 spiro atoms. The number of carbonyl (C=O) groups excluding carboxylic acids is 1. The highest BCUT2D eigenvalue weighted by Crippen LogP contribution is 2.28. The third kappa shape index (κ3) is 2.29. The van der Waals surface area contributed by atoms with E-state index >= 15 is 0 Å². The molecule has 1 aliphatic rings. The van der Waals surface area contributed by atoms with Gasteiger partial charge >= 0.3 is 0 Å². The Bertz CT molecular complexity index is 136. The van der Waals surface area contributed by atoms with Gasteiger partial charge in [-0.25, -0.2) is 0 Å². The fourth-order valence-corrected chi connectivity index (χ4v) is 1.98. The summed E-state index contributed by atoms with van der Waals surface area (Å²) in [7, 11) is 1.95. The van der Waals surface area contributed by atoms with E-state index in [0.717, 1.165) is 25.9 Å². The van der Waals surface area contributed by atoms with Gasteiger partial charge in [0.15, 0.2) is 0 Å². The highest BCUT2D eigenvalue weighted by Gasteiger charge is 2.30. The lowest BCUT2D eigenvalue weighted by Gasteiger charge is -2.36. The van der Waals surface area contributed by atoms with Gasteiger partial charge in [0.2, 0.25) is 0 Å². The summed E-state index contributed by atoms with van der Waals surface area (Å²) in [6.07, 6.45) is 4.08. The molecule has 0 aromatic rings. The molecule has 70 valence electrons. The SMILES string of the molecule is CNCC1(CC=O)CCCNC1. The van der Waals surface area contributed by atoms with Crippen LogP contribution in [0.2, 0.25) is 0 Å². The van der Waals surface area contributed by atoms with Crippen molar-refractivity contribution in [1.82, 2.24) is 10.6 Å². The monoisotopic (exact) mass is 170 g/mol. The van der Waals surface area contributed by atoms with E-state index in [2.05, 4.69) is 10.6 Å². The van der Waals surface area contributed by atoms with Gasteiger partial charge < -0.3 is 15.4 Å². The highest BCUT2D eigenvalue weighted by molar-refractivity contribution is 5.51. The smallest absolute Gasteiger partial charge is 0.120 e. The molecule has 0 amide bonds. The van der Waals surface area contributed by atoms with E-state index in [4.69, 9.17) is 0 Å². The lowest BCUT2D eigenvalue weighted by Crippen LogP contribution is -2.45. The zero-order valence-corrected chi connectivity index (χ0v) is 7.73. The Labute approximate surface area is 73.9 Å². The van der Waals surface area contributed by atoms with Gasteiger partial charge in [-0.2, -0.15) is 0 Å². The second-order valence-corrected chi connectivity index (χ2v) is 3.68. The third-order valence-corrected chi connectivity index (χ3v) is 2.63. The molecule has 0 saturated carbocycles. The van der Waals surface area contributed by atoms with Crippen molar-refractivity contribution in [2.75, 3.05) is 26.7 Å². The molecule has 1 aliphatic heterocycles. The molecule has 1 atom stereocenters. The van der Waals surface area contributed by atoms with Gasteiger partial charge in [0.25, 0.3) is 0 Å². The molecule has 1 saturated heterocycles. The largest absolute Gasteiger partial charge is 0.319 e. The molecule has 12 heavy (non-hydrogen) atoms. The average molecular weight is 170 g/mol. The van der Waals surface area contributed by atoms with Gasteiger partial charge in [-0.3, -0.25) is 0 Å². The van der Waals surface area contributed by atoms with Crippen LogP contribution in [0.4, 0.5) is 0 Å². The number of hydrogen-bond donors (Lipinski definition) is 2.